The van der Waals surface area contributed by atoms with Gasteiger partial charge in [-0.3, -0.25) is 25.8 Å². The molecule has 3 rings (SSSR count). The number of benzene rings is 2. The van der Waals surface area contributed by atoms with Crippen molar-refractivity contribution in [3.63, 3.8) is 0 Å². The Morgan fingerprint density at radius 2 is 1.85 bits per heavy atom. The number of carbonyl (C=O) groups is 2. The standard InChI is InChI=1S/C18H13BrClN3O2S2/c1-9-6-7-10(8-12(9)19)16(24)21-18(26)23-22-17(25)15-14(20)11-4-2-3-5-13(11)27-15/h2-8H,1H3,(H,22,25)(H2,21,23,24,26). The second-order valence-corrected chi connectivity index (χ2v) is 8.26. The van der Waals surface area contributed by atoms with Crippen molar-refractivity contribution in [3.8, 4) is 0 Å². The lowest BCUT2D eigenvalue weighted by atomic mass is 10.1. The predicted octanol–water partition coefficient (Wildman–Crippen LogP) is 4.57. The van der Waals surface area contributed by atoms with E-state index in [1.165, 1.54) is 11.3 Å². The first kappa shape index (κ1) is 19.8. The van der Waals surface area contributed by atoms with Crippen LogP contribution in [-0.2, 0) is 0 Å². The Morgan fingerprint density at radius 1 is 1.11 bits per heavy atom. The Morgan fingerprint density at radius 3 is 2.56 bits per heavy atom. The van der Waals surface area contributed by atoms with E-state index < -0.39 is 5.91 Å². The molecule has 3 N–H and O–H groups in total. The van der Waals surface area contributed by atoms with Crippen LogP contribution in [0, 0.1) is 6.92 Å². The normalized spacial score (nSPS) is 10.5. The van der Waals surface area contributed by atoms with Crippen LogP contribution in [0.3, 0.4) is 0 Å². The second-order valence-electron chi connectivity index (χ2n) is 5.57. The van der Waals surface area contributed by atoms with Crippen molar-refractivity contribution in [1.29, 1.82) is 0 Å². The fourth-order valence-corrected chi connectivity index (χ4v) is 4.21. The number of amides is 2. The van der Waals surface area contributed by atoms with E-state index in [0.717, 1.165) is 20.1 Å². The summed E-state index contributed by atoms with van der Waals surface area (Å²) in [5, 5.41) is 3.68. The van der Waals surface area contributed by atoms with E-state index in [1.54, 1.807) is 12.1 Å². The van der Waals surface area contributed by atoms with Gasteiger partial charge in [0.2, 0.25) is 0 Å². The van der Waals surface area contributed by atoms with E-state index in [2.05, 4.69) is 32.1 Å². The maximum absolute atomic E-state index is 12.4. The number of hydrogen-bond acceptors (Lipinski definition) is 4. The molecule has 27 heavy (non-hydrogen) atoms. The largest absolute Gasteiger partial charge is 0.298 e. The molecule has 9 heteroatoms. The topological polar surface area (TPSA) is 70.2 Å². The smallest absolute Gasteiger partial charge is 0.281 e. The summed E-state index contributed by atoms with van der Waals surface area (Å²) in [6, 6.07) is 12.7. The number of fused-ring (bicyclic) bond motifs is 1. The Hall–Kier alpha value is -2.00. The molecule has 0 saturated heterocycles. The van der Waals surface area contributed by atoms with E-state index >= 15 is 0 Å². The van der Waals surface area contributed by atoms with Crippen LogP contribution in [-0.4, -0.2) is 16.9 Å². The highest BCUT2D eigenvalue weighted by atomic mass is 79.9. The molecular weight excluding hydrogens is 470 g/mol. The van der Waals surface area contributed by atoms with Crippen LogP contribution in [0.5, 0.6) is 0 Å². The Bertz CT molecular complexity index is 1070. The lowest BCUT2D eigenvalue weighted by molar-refractivity contribution is 0.0938. The van der Waals surface area contributed by atoms with Gasteiger partial charge < -0.3 is 0 Å². The summed E-state index contributed by atoms with van der Waals surface area (Å²) in [4.78, 5) is 24.9. The minimum absolute atomic E-state index is 0.0257. The predicted molar refractivity (Wildman–Crippen MR) is 116 cm³/mol. The van der Waals surface area contributed by atoms with Gasteiger partial charge in [-0.05, 0) is 42.9 Å². The lowest BCUT2D eigenvalue weighted by Gasteiger charge is -2.11. The van der Waals surface area contributed by atoms with Crippen LogP contribution in [0.1, 0.15) is 25.6 Å². The third-order valence-corrected chi connectivity index (χ3v) is 6.42. The minimum Gasteiger partial charge on any atom is -0.298 e. The average Bonchev–Trinajstić information content (AvgIpc) is 2.99. The zero-order valence-electron chi connectivity index (χ0n) is 13.9. The molecule has 0 bridgehead atoms. The van der Waals surface area contributed by atoms with Crippen LogP contribution in [0.2, 0.25) is 5.02 Å². The van der Waals surface area contributed by atoms with E-state index in [0.29, 0.717) is 15.5 Å². The number of nitrogens with one attached hydrogen (secondary N) is 3. The average molecular weight is 483 g/mol. The molecule has 0 spiro atoms. The number of rotatable bonds is 2. The molecular formula is C18H13BrClN3O2S2. The molecule has 3 aromatic rings. The first-order valence-electron chi connectivity index (χ1n) is 7.71. The quantitative estimate of drug-likeness (QED) is 0.369. The van der Waals surface area contributed by atoms with Gasteiger partial charge in [0.1, 0.15) is 4.88 Å². The van der Waals surface area contributed by atoms with Crippen molar-refractivity contribution in [2.24, 2.45) is 0 Å². The number of aryl methyl sites for hydroxylation is 1. The summed E-state index contributed by atoms with van der Waals surface area (Å²) >= 11 is 16.0. The summed E-state index contributed by atoms with van der Waals surface area (Å²) < 4.78 is 1.73. The number of thiocarbonyl (C=S) groups is 1. The lowest BCUT2D eigenvalue weighted by Crippen LogP contribution is -2.48. The van der Waals surface area contributed by atoms with E-state index in [9.17, 15) is 9.59 Å². The highest BCUT2D eigenvalue weighted by molar-refractivity contribution is 9.10. The van der Waals surface area contributed by atoms with Gasteiger partial charge in [0.15, 0.2) is 5.11 Å². The molecule has 0 unspecified atom stereocenters. The Labute approximate surface area is 178 Å². The number of hydrogen-bond donors (Lipinski definition) is 3. The molecule has 0 radical (unpaired) electrons. The highest BCUT2D eigenvalue weighted by Crippen LogP contribution is 2.34. The summed E-state index contributed by atoms with van der Waals surface area (Å²) in [6.07, 6.45) is 0. The van der Waals surface area contributed by atoms with Crippen molar-refractivity contribution >= 4 is 78.1 Å². The molecule has 1 heterocycles. The van der Waals surface area contributed by atoms with Gasteiger partial charge in [0, 0.05) is 20.1 Å². The third-order valence-electron chi connectivity index (χ3n) is 3.69. The number of thiophene rings is 1. The van der Waals surface area contributed by atoms with Gasteiger partial charge in [0.25, 0.3) is 11.8 Å². The van der Waals surface area contributed by atoms with Crippen molar-refractivity contribution in [2.75, 3.05) is 0 Å². The minimum atomic E-state index is -0.434. The third kappa shape index (κ3) is 4.47. The molecule has 0 aliphatic heterocycles. The monoisotopic (exact) mass is 481 g/mol. The Balaban J connectivity index is 1.61. The van der Waals surface area contributed by atoms with Crippen molar-refractivity contribution in [1.82, 2.24) is 16.2 Å². The zero-order chi connectivity index (χ0) is 19.6. The SMILES string of the molecule is Cc1ccc(C(=O)NC(=S)NNC(=O)c2sc3ccccc3c2Cl)cc1Br. The molecule has 0 saturated carbocycles. The van der Waals surface area contributed by atoms with Gasteiger partial charge in [-0.2, -0.15) is 0 Å². The summed E-state index contributed by atoms with van der Waals surface area (Å²) in [6.45, 7) is 1.92. The van der Waals surface area contributed by atoms with Crippen molar-refractivity contribution in [2.45, 2.75) is 6.92 Å². The fraction of sp³-hybridized carbons (Fsp3) is 0.0556. The van der Waals surface area contributed by atoms with E-state index in [1.807, 2.05) is 37.3 Å². The van der Waals surface area contributed by atoms with Crippen LogP contribution in [0.15, 0.2) is 46.9 Å². The van der Waals surface area contributed by atoms with Crippen LogP contribution in [0.25, 0.3) is 10.1 Å². The van der Waals surface area contributed by atoms with Crippen LogP contribution < -0.4 is 16.2 Å². The summed E-state index contributed by atoms with van der Waals surface area (Å²) in [7, 11) is 0. The number of carbonyl (C=O) groups excluding carboxylic acids is 2. The molecule has 0 atom stereocenters. The van der Waals surface area contributed by atoms with E-state index in [-0.39, 0.29) is 11.0 Å². The molecule has 138 valence electrons. The molecule has 2 amide bonds. The Kier molecular flexibility index (Phi) is 6.11. The van der Waals surface area contributed by atoms with Gasteiger partial charge in [-0.1, -0.05) is 51.8 Å². The van der Waals surface area contributed by atoms with Crippen LogP contribution >= 0.6 is 51.1 Å². The second kappa shape index (κ2) is 8.35. The molecule has 0 aliphatic rings. The fourth-order valence-electron chi connectivity index (χ4n) is 2.27. The zero-order valence-corrected chi connectivity index (χ0v) is 17.9. The summed E-state index contributed by atoms with van der Waals surface area (Å²) in [5.74, 6) is -0.821. The van der Waals surface area contributed by atoms with Crippen molar-refractivity contribution in [3.05, 3.63) is 68.0 Å². The maximum Gasteiger partial charge on any atom is 0.281 e. The maximum atomic E-state index is 12.4. The first-order valence-corrected chi connectivity index (χ1v) is 10.1. The molecule has 5 nitrogen and oxygen atoms in total. The van der Waals surface area contributed by atoms with Gasteiger partial charge in [-0.15, -0.1) is 11.3 Å². The van der Waals surface area contributed by atoms with Gasteiger partial charge >= 0.3 is 0 Å². The summed E-state index contributed by atoms with van der Waals surface area (Å²) in [5.41, 5.74) is 6.42. The number of hydrazine groups is 1. The molecule has 1 aromatic heterocycles. The van der Waals surface area contributed by atoms with Gasteiger partial charge in [-0.25, -0.2) is 0 Å². The number of halogens is 2. The van der Waals surface area contributed by atoms with Crippen LogP contribution in [0.4, 0.5) is 0 Å². The highest BCUT2D eigenvalue weighted by Gasteiger charge is 2.17. The van der Waals surface area contributed by atoms with Crippen molar-refractivity contribution < 1.29 is 9.59 Å². The molecule has 0 fully saturated rings. The van der Waals surface area contributed by atoms with Gasteiger partial charge in [0.05, 0.1) is 5.02 Å². The van der Waals surface area contributed by atoms with E-state index in [4.69, 9.17) is 23.8 Å². The molecule has 2 aromatic carbocycles. The first-order chi connectivity index (χ1) is 12.9. The molecule has 0 aliphatic carbocycles.